The van der Waals surface area contributed by atoms with E-state index in [1.807, 2.05) is 31.2 Å². The van der Waals surface area contributed by atoms with Gasteiger partial charge in [0, 0.05) is 16.9 Å². The van der Waals surface area contributed by atoms with Crippen molar-refractivity contribution in [2.24, 2.45) is 11.7 Å². The molecule has 1 aliphatic carbocycles. The fourth-order valence-corrected chi connectivity index (χ4v) is 5.63. The maximum atomic E-state index is 12.9. The quantitative estimate of drug-likeness (QED) is 0.842. The summed E-state index contributed by atoms with van der Waals surface area (Å²) in [5, 5.41) is -0.107. The summed E-state index contributed by atoms with van der Waals surface area (Å²) in [7, 11) is -3.51. The van der Waals surface area contributed by atoms with Crippen molar-refractivity contribution in [1.29, 1.82) is 0 Å². The Labute approximate surface area is 146 Å². The lowest BCUT2D eigenvalue weighted by Crippen LogP contribution is -2.17. The zero-order valence-corrected chi connectivity index (χ0v) is 14.8. The standard InChI is InChI=1S/C17H16ClNO2S2/c1-10-2-4-11(5-3-10)14-15(17(19)22)16(14)23(20,21)13-8-6-12(18)7-9-13/h2-9,14-16H,1H3,(H2,19,22)/t14-,15+,16+/m0/s1. The smallest absolute Gasteiger partial charge is 0.182 e. The van der Waals surface area contributed by atoms with Gasteiger partial charge >= 0.3 is 0 Å². The molecule has 2 aromatic carbocycles. The van der Waals surface area contributed by atoms with Gasteiger partial charge in [0.1, 0.15) is 0 Å². The predicted octanol–water partition coefficient (Wildman–Crippen LogP) is 3.49. The van der Waals surface area contributed by atoms with Crippen molar-refractivity contribution in [3.05, 3.63) is 64.7 Å². The molecule has 0 aliphatic heterocycles. The Balaban J connectivity index is 1.98. The topological polar surface area (TPSA) is 60.2 Å². The molecule has 0 radical (unpaired) electrons. The molecule has 1 fully saturated rings. The highest BCUT2D eigenvalue weighted by Crippen LogP contribution is 2.54. The number of aryl methyl sites for hydroxylation is 1. The van der Waals surface area contributed by atoms with Crippen molar-refractivity contribution in [2.75, 3.05) is 0 Å². The lowest BCUT2D eigenvalue weighted by molar-refractivity contribution is 0.593. The lowest BCUT2D eigenvalue weighted by atomic mass is 10.1. The summed E-state index contributed by atoms with van der Waals surface area (Å²) >= 11 is 10.9. The van der Waals surface area contributed by atoms with Crippen molar-refractivity contribution < 1.29 is 8.42 Å². The number of halogens is 1. The minimum Gasteiger partial charge on any atom is -0.393 e. The molecule has 0 unspecified atom stereocenters. The van der Waals surface area contributed by atoms with E-state index in [-0.39, 0.29) is 21.7 Å². The van der Waals surface area contributed by atoms with Gasteiger partial charge in [0.15, 0.2) is 9.84 Å². The van der Waals surface area contributed by atoms with E-state index in [0.717, 1.165) is 11.1 Å². The van der Waals surface area contributed by atoms with Crippen molar-refractivity contribution in [2.45, 2.75) is 23.0 Å². The number of hydrogen-bond donors (Lipinski definition) is 1. The second-order valence-corrected chi connectivity index (χ2v) is 8.84. The Morgan fingerprint density at radius 3 is 2.17 bits per heavy atom. The van der Waals surface area contributed by atoms with Gasteiger partial charge in [0.25, 0.3) is 0 Å². The molecule has 3 atom stereocenters. The third kappa shape index (κ3) is 3.01. The fourth-order valence-electron chi connectivity index (χ4n) is 2.98. The molecule has 3 rings (SSSR count). The van der Waals surface area contributed by atoms with Gasteiger partial charge in [0.2, 0.25) is 0 Å². The summed E-state index contributed by atoms with van der Waals surface area (Å²) in [6.45, 7) is 1.99. The first-order chi connectivity index (χ1) is 10.8. The SMILES string of the molecule is Cc1ccc([C@H]2[C@@H](C(N)=S)[C@@H]2S(=O)(=O)c2ccc(Cl)cc2)cc1. The van der Waals surface area contributed by atoms with E-state index in [0.29, 0.717) is 5.02 Å². The number of nitrogens with two attached hydrogens (primary N) is 1. The minimum absolute atomic E-state index is 0.186. The summed E-state index contributed by atoms with van der Waals surface area (Å²) in [6.07, 6.45) is 0. The molecule has 0 amide bonds. The monoisotopic (exact) mass is 365 g/mol. The first-order valence-electron chi connectivity index (χ1n) is 7.18. The third-order valence-electron chi connectivity index (χ3n) is 4.25. The first-order valence-corrected chi connectivity index (χ1v) is 9.51. The van der Waals surface area contributed by atoms with Crippen molar-refractivity contribution >= 4 is 38.6 Å². The van der Waals surface area contributed by atoms with E-state index in [1.165, 1.54) is 12.1 Å². The molecule has 6 heteroatoms. The van der Waals surface area contributed by atoms with Gasteiger partial charge in [-0.3, -0.25) is 0 Å². The van der Waals surface area contributed by atoms with Crippen molar-refractivity contribution in [3.63, 3.8) is 0 Å². The van der Waals surface area contributed by atoms with Crippen molar-refractivity contribution in [1.82, 2.24) is 0 Å². The van der Waals surface area contributed by atoms with E-state index < -0.39 is 15.1 Å². The molecule has 2 N–H and O–H groups in total. The Kier molecular flexibility index (Phi) is 4.21. The molecule has 1 aliphatic rings. The predicted molar refractivity (Wildman–Crippen MR) is 96.6 cm³/mol. The molecule has 0 saturated heterocycles. The van der Waals surface area contributed by atoms with Gasteiger partial charge in [-0.25, -0.2) is 8.42 Å². The number of rotatable bonds is 4. The molecular weight excluding hydrogens is 350 g/mol. The van der Waals surface area contributed by atoms with Gasteiger partial charge in [-0.2, -0.15) is 0 Å². The second kappa shape index (κ2) is 5.89. The average molecular weight is 366 g/mol. The van der Waals surface area contributed by atoms with Gasteiger partial charge in [-0.1, -0.05) is 53.6 Å². The maximum Gasteiger partial charge on any atom is 0.182 e. The van der Waals surface area contributed by atoms with Gasteiger partial charge in [-0.05, 0) is 36.8 Å². The van der Waals surface area contributed by atoms with Crippen LogP contribution in [0.25, 0.3) is 0 Å². The highest BCUT2D eigenvalue weighted by molar-refractivity contribution is 7.92. The molecule has 120 valence electrons. The Morgan fingerprint density at radius 2 is 1.65 bits per heavy atom. The highest BCUT2D eigenvalue weighted by atomic mass is 35.5. The first kappa shape index (κ1) is 16.4. The van der Waals surface area contributed by atoms with Crippen LogP contribution in [0.4, 0.5) is 0 Å². The van der Waals surface area contributed by atoms with Crippen molar-refractivity contribution in [3.8, 4) is 0 Å². The van der Waals surface area contributed by atoms with Crippen LogP contribution in [-0.4, -0.2) is 18.7 Å². The van der Waals surface area contributed by atoms with E-state index in [1.54, 1.807) is 12.1 Å². The molecule has 1 saturated carbocycles. The highest BCUT2D eigenvalue weighted by Gasteiger charge is 2.60. The molecule has 0 bridgehead atoms. The van der Waals surface area contributed by atoms with Crippen LogP contribution < -0.4 is 5.73 Å². The third-order valence-corrected chi connectivity index (χ3v) is 7.00. The summed E-state index contributed by atoms with van der Waals surface area (Å²) in [5.41, 5.74) is 7.87. The minimum atomic E-state index is -3.51. The van der Waals surface area contributed by atoms with Crippen LogP contribution in [0.2, 0.25) is 5.02 Å². The van der Waals surface area contributed by atoms with Crippen LogP contribution >= 0.6 is 23.8 Å². The lowest BCUT2D eigenvalue weighted by Gasteiger charge is -2.05. The summed E-state index contributed by atoms with van der Waals surface area (Å²) in [6, 6.07) is 14.0. The summed E-state index contributed by atoms with van der Waals surface area (Å²) in [5.74, 6) is -0.512. The van der Waals surface area contributed by atoms with Crippen LogP contribution in [-0.2, 0) is 9.84 Å². The largest absolute Gasteiger partial charge is 0.393 e. The fraction of sp³-hybridized carbons (Fsp3) is 0.235. The summed E-state index contributed by atoms with van der Waals surface area (Å²) in [4.78, 5) is 0.501. The van der Waals surface area contributed by atoms with E-state index >= 15 is 0 Å². The Bertz CT molecular complexity index is 845. The van der Waals surface area contributed by atoms with Crippen LogP contribution in [0.3, 0.4) is 0 Å². The van der Waals surface area contributed by atoms with E-state index in [4.69, 9.17) is 29.6 Å². The number of sulfone groups is 1. The number of hydrogen-bond acceptors (Lipinski definition) is 3. The normalized spacial score (nSPS) is 23.5. The Morgan fingerprint density at radius 1 is 1.09 bits per heavy atom. The number of thiocarbonyl (C=S) groups is 1. The Hall–Kier alpha value is -1.43. The molecule has 0 aromatic heterocycles. The summed E-state index contributed by atoms with van der Waals surface area (Å²) < 4.78 is 25.8. The van der Waals surface area contributed by atoms with Crippen LogP contribution in [0.1, 0.15) is 17.0 Å². The van der Waals surface area contributed by atoms with Gasteiger partial charge in [0.05, 0.1) is 15.1 Å². The molecule has 3 nitrogen and oxygen atoms in total. The molecule has 0 spiro atoms. The number of benzene rings is 2. The van der Waals surface area contributed by atoms with Crippen LogP contribution in [0.15, 0.2) is 53.4 Å². The van der Waals surface area contributed by atoms with E-state index in [2.05, 4.69) is 0 Å². The van der Waals surface area contributed by atoms with Crippen LogP contribution in [0, 0.1) is 12.8 Å². The molecule has 23 heavy (non-hydrogen) atoms. The van der Waals surface area contributed by atoms with Gasteiger partial charge < -0.3 is 5.73 Å². The zero-order chi connectivity index (χ0) is 16.8. The maximum absolute atomic E-state index is 12.9. The van der Waals surface area contributed by atoms with Crippen LogP contribution in [0.5, 0.6) is 0 Å². The molecular formula is C17H16ClNO2S2. The average Bonchev–Trinajstić information content (AvgIpc) is 3.25. The van der Waals surface area contributed by atoms with E-state index in [9.17, 15) is 8.42 Å². The van der Waals surface area contributed by atoms with Gasteiger partial charge in [-0.15, -0.1) is 0 Å². The zero-order valence-electron chi connectivity index (χ0n) is 12.4. The second-order valence-electron chi connectivity index (χ2n) is 5.83. The molecule has 0 heterocycles. The molecule has 2 aromatic rings.